The molecule has 6 unspecified atom stereocenters. The van der Waals surface area contributed by atoms with Crippen LogP contribution in [0, 0.1) is 29.1 Å². The number of hydrogen-bond acceptors (Lipinski definition) is 1. The van der Waals surface area contributed by atoms with Crippen LogP contribution in [0.3, 0.4) is 0 Å². The van der Waals surface area contributed by atoms with E-state index in [9.17, 15) is 0 Å². The molecule has 0 saturated heterocycles. The van der Waals surface area contributed by atoms with Crippen LogP contribution in [0.4, 0.5) is 0 Å². The van der Waals surface area contributed by atoms with Gasteiger partial charge < -0.3 is 0 Å². The molecule has 6 atom stereocenters. The predicted molar refractivity (Wildman–Crippen MR) is 122 cm³/mol. The second-order valence-corrected chi connectivity index (χ2v) is 9.62. The van der Waals surface area contributed by atoms with E-state index < -0.39 is 0 Å². The van der Waals surface area contributed by atoms with E-state index in [0.717, 1.165) is 23.7 Å². The maximum absolute atomic E-state index is 6.20. The summed E-state index contributed by atoms with van der Waals surface area (Å²) in [5.74, 6) is 4.12. The van der Waals surface area contributed by atoms with Crippen molar-refractivity contribution >= 4 is 11.6 Å². The van der Waals surface area contributed by atoms with Gasteiger partial charge >= 0.3 is 0 Å². The van der Waals surface area contributed by atoms with Gasteiger partial charge in [0.05, 0.1) is 0 Å². The van der Waals surface area contributed by atoms with Crippen LogP contribution in [0.25, 0.3) is 0 Å². The smallest absolute Gasteiger partial charge is 0.129 e. The summed E-state index contributed by atoms with van der Waals surface area (Å²) in [5, 5.41) is 0.676. The molecule has 28 heavy (non-hydrogen) atoms. The van der Waals surface area contributed by atoms with E-state index in [1.54, 1.807) is 5.57 Å². The molecule has 156 valence electrons. The van der Waals surface area contributed by atoms with Crippen LogP contribution < -0.4 is 0 Å². The molecule has 4 aliphatic carbocycles. The van der Waals surface area contributed by atoms with Crippen molar-refractivity contribution in [3.63, 3.8) is 0 Å². The molecular formula is C26H40ClN. The molecule has 0 aliphatic heterocycles. The molecule has 2 fully saturated rings. The topological polar surface area (TPSA) is 12.9 Å². The number of hydrogen-bond donors (Lipinski definition) is 0. The largest absolute Gasteiger partial charge is 0.241 e. The third-order valence-corrected chi connectivity index (χ3v) is 8.28. The zero-order valence-electron chi connectivity index (χ0n) is 18.9. The van der Waals surface area contributed by atoms with Crippen LogP contribution in [0.2, 0.25) is 5.15 Å². The second-order valence-electron chi connectivity index (χ2n) is 9.23. The first-order chi connectivity index (χ1) is 13.6. The minimum atomic E-state index is 0.486. The lowest BCUT2D eigenvalue weighted by atomic mass is 9.50. The Bertz CT molecular complexity index is 708. The molecule has 5 rings (SSSR count). The molecule has 1 heterocycles. The van der Waals surface area contributed by atoms with Gasteiger partial charge in [-0.25, -0.2) is 4.98 Å². The first-order valence-electron chi connectivity index (χ1n) is 11.9. The fourth-order valence-corrected chi connectivity index (χ4v) is 6.96. The Hall–Kier alpha value is -0.820. The summed E-state index contributed by atoms with van der Waals surface area (Å²) in [7, 11) is 0. The highest BCUT2D eigenvalue weighted by molar-refractivity contribution is 6.29. The first kappa shape index (κ1) is 21.9. The van der Waals surface area contributed by atoms with Crippen molar-refractivity contribution in [1.82, 2.24) is 4.98 Å². The van der Waals surface area contributed by atoms with Crippen LogP contribution in [-0.2, 0) is 6.42 Å². The van der Waals surface area contributed by atoms with Crippen molar-refractivity contribution in [2.45, 2.75) is 92.4 Å². The molecule has 0 bridgehead atoms. The van der Waals surface area contributed by atoms with Crippen molar-refractivity contribution in [2.75, 3.05) is 0 Å². The standard InChI is InChI=1S/C22H28ClN.2C2H6/c1-13-9-10-22(2)15(11-13)4-5-16-18-12-14-3-8-20(23)24-21(14)17(18)6-7-19(16)22;2*1-2/h3-4,8,13,16-19H,5-7,9-12H2,1-2H3;2*1-2H3. The number of pyridine rings is 1. The molecule has 0 spiro atoms. The Morgan fingerprint density at radius 2 is 1.75 bits per heavy atom. The van der Waals surface area contributed by atoms with Crippen molar-refractivity contribution in [2.24, 2.45) is 29.1 Å². The molecule has 2 heteroatoms. The highest BCUT2D eigenvalue weighted by Gasteiger charge is 2.53. The molecule has 0 N–H and O–H groups in total. The van der Waals surface area contributed by atoms with E-state index in [4.69, 9.17) is 16.6 Å². The fraction of sp³-hybridized carbons (Fsp3) is 0.731. The molecule has 0 aromatic carbocycles. The van der Waals surface area contributed by atoms with Crippen LogP contribution >= 0.6 is 11.6 Å². The lowest BCUT2D eigenvalue weighted by Crippen LogP contribution is -2.46. The minimum Gasteiger partial charge on any atom is -0.241 e. The van der Waals surface area contributed by atoms with Gasteiger partial charge in [0.1, 0.15) is 5.15 Å². The van der Waals surface area contributed by atoms with Gasteiger partial charge in [-0.3, -0.25) is 0 Å². The van der Waals surface area contributed by atoms with Crippen LogP contribution in [0.1, 0.15) is 97.2 Å². The van der Waals surface area contributed by atoms with Crippen LogP contribution in [0.5, 0.6) is 0 Å². The summed E-state index contributed by atoms with van der Waals surface area (Å²) in [4.78, 5) is 4.73. The van der Waals surface area contributed by atoms with Crippen molar-refractivity contribution in [3.8, 4) is 0 Å². The summed E-state index contributed by atoms with van der Waals surface area (Å²) in [5.41, 5.74) is 5.10. The van der Waals surface area contributed by atoms with Gasteiger partial charge in [-0.15, -0.1) is 0 Å². The second kappa shape index (κ2) is 8.90. The Morgan fingerprint density at radius 1 is 1.00 bits per heavy atom. The molecular weight excluding hydrogens is 362 g/mol. The van der Waals surface area contributed by atoms with Crippen LogP contribution in [-0.4, -0.2) is 4.98 Å². The molecule has 1 aromatic heterocycles. The summed E-state index contributed by atoms with van der Waals surface area (Å²) >= 11 is 6.20. The summed E-state index contributed by atoms with van der Waals surface area (Å²) in [6.45, 7) is 13.0. The highest BCUT2D eigenvalue weighted by atomic mass is 35.5. The van der Waals surface area contributed by atoms with E-state index >= 15 is 0 Å². The van der Waals surface area contributed by atoms with E-state index in [2.05, 4.69) is 26.0 Å². The Balaban J connectivity index is 0.000000531. The summed E-state index contributed by atoms with van der Waals surface area (Å²) in [6, 6.07) is 4.23. The Morgan fingerprint density at radius 3 is 2.50 bits per heavy atom. The molecule has 2 saturated carbocycles. The van der Waals surface area contributed by atoms with E-state index in [0.29, 0.717) is 16.5 Å². The normalized spacial score (nSPS) is 37.5. The average molecular weight is 402 g/mol. The van der Waals surface area contributed by atoms with Crippen LogP contribution in [0.15, 0.2) is 23.8 Å². The number of fused-ring (bicyclic) bond motifs is 7. The summed E-state index contributed by atoms with van der Waals surface area (Å²) in [6.07, 6.45) is 12.1. The van der Waals surface area contributed by atoms with Gasteiger partial charge in [-0.2, -0.15) is 0 Å². The van der Waals surface area contributed by atoms with Gasteiger partial charge in [-0.1, -0.05) is 70.9 Å². The molecule has 0 radical (unpaired) electrons. The quantitative estimate of drug-likeness (QED) is 0.315. The van der Waals surface area contributed by atoms with Gasteiger partial charge in [0.15, 0.2) is 0 Å². The molecule has 4 aliphatic rings. The van der Waals surface area contributed by atoms with Gasteiger partial charge in [0, 0.05) is 11.6 Å². The number of nitrogens with zero attached hydrogens (tertiary/aromatic N) is 1. The Labute approximate surface area is 178 Å². The molecule has 1 nitrogen and oxygen atoms in total. The number of allylic oxidation sites excluding steroid dienone is 2. The zero-order valence-corrected chi connectivity index (χ0v) is 19.6. The van der Waals surface area contributed by atoms with Gasteiger partial charge in [0.25, 0.3) is 0 Å². The SMILES string of the molecule is CC.CC.CC1CCC2(C)C(=CCC3C4Cc5ccc(Cl)nc5C4CCC32)C1. The Kier molecular flexibility index (Phi) is 6.96. The van der Waals surface area contributed by atoms with Crippen molar-refractivity contribution in [3.05, 3.63) is 40.2 Å². The predicted octanol–water partition coefficient (Wildman–Crippen LogP) is 8.23. The van der Waals surface area contributed by atoms with E-state index in [-0.39, 0.29) is 0 Å². The van der Waals surface area contributed by atoms with E-state index in [1.807, 2.05) is 33.8 Å². The first-order valence-corrected chi connectivity index (χ1v) is 12.3. The maximum Gasteiger partial charge on any atom is 0.129 e. The third kappa shape index (κ3) is 3.57. The minimum absolute atomic E-state index is 0.486. The van der Waals surface area contributed by atoms with Gasteiger partial charge in [-0.05, 0) is 85.7 Å². The third-order valence-electron chi connectivity index (χ3n) is 8.07. The highest BCUT2D eigenvalue weighted by Crippen LogP contribution is 2.62. The fourth-order valence-electron chi connectivity index (χ4n) is 6.81. The van der Waals surface area contributed by atoms with E-state index in [1.165, 1.54) is 56.2 Å². The lowest BCUT2D eigenvalue weighted by molar-refractivity contribution is 0.0209. The lowest BCUT2D eigenvalue weighted by Gasteiger charge is -2.55. The number of halogens is 1. The zero-order chi connectivity index (χ0) is 20.5. The maximum atomic E-state index is 6.20. The van der Waals surface area contributed by atoms with Crippen molar-refractivity contribution in [1.29, 1.82) is 0 Å². The molecule has 0 amide bonds. The number of rotatable bonds is 0. The summed E-state index contributed by atoms with van der Waals surface area (Å²) < 4.78 is 0. The van der Waals surface area contributed by atoms with Crippen molar-refractivity contribution < 1.29 is 0 Å². The average Bonchev–Trinajstić information content (AvgIpc) is 3.10. The monoisotopic (exact) mass is 401 g/mol. The van der Waals surface area contributed by atoms with Gasteiger partial charge in [0.2, 0.25) is 0 Å². The number of aromatic nitrogens is 1. The molecule has 1 aromatic rings.